The van der Waals surface area contributed by atoms with E-state index in [0.717, 1.165) is 17.7 Å². The summed E-state index contributed by atoms with van der Waals surface area (Å²) >= 11 is 0. The number of carbonyl (C=O) groups is 1. The molecule has 1 unspecified atom stereocenters. The molecule has 3 aliphatic rings. The van der Waals surface area contributed by atoms with Crippen molar-refractivity contribution in [3.05, 3.63) is 29.3 Å². The van der Waals surface area contributed by atoms with E-state index >= 15 is 0 Å². The molecule has 1 aromatic carbocycles. The van der Waals surface area contributed by atoms with Gasteiger partial charge in [-0.15, -0.1) is 0 Å². The lowest BCUT2D eigenvalue weighted by Crippen LogP contribution is -2.58. The quantitative estimate of drug-likeness (QED) is 0.712. The first-order valence-electron chi connectivity index (χ1n) is 7.46. The van der Waals surface area contributed by atoms with Gasteiger partial charge in [-0.25, -0.2) is 0 Å². The van der Waals surface area contributed by atoms with Crippen LogP contribution in [0.4, 0.5) is 5.69 Å². The lowest BCUT2D eigenvalue weighted by atomic mass is 9.40. The maximum absolute atomic E-state index is 12.4. The second kappa shape index (κ2) is 4.79. The van der Waals surface area contributed by atoms with Crippen molar-refractivity contribution in [2.24, 2.45) is 17.3 Å². The number of nitrogens with one attached hydrogen (secondary N) is 3. The molecular formula is C17H21N3O. The van der Waals surface area contributed by atoms with E-state index in [2.05, 4.69) is 5.32 Å². The number of anilines is 1. The molecule has 0 aliphatic heterocycles. The number of hydrogen-bond acceptors (Lipinski definition) is 3. The highest BCUT2D eigenvalue weighted by molar-refractivity contribution is 6.36. The first-order valence-corrected chi connectivity index (χ1v) is 7.46. The molecular weight excluding hydrogens is 262 g/mol. The Labute approximate surface area is 125 Å². The van der Waals surface area contributed by atoms with Gasteiger partial charge in [-0.05, 0) is 55.2 Å². The van der Waals surface area contributed by atoms with Gasteiger partial charge in [-0.2, -0.15) is 0 Å². The second-order valence-electron chi connectivity index (χ2n) is 6.64. The monoisotopic (exact) mass is 283 g/mol. The molecule has 4 nitrogen and oxygen atoms in total. The van der Waals surface area contributed by atoms with E-state index < -0.39 is 0 Å². The molecule has 0 saturated heterocycles. The number of amides is 1. The fraction of sp³-hybridized carbons (Fsp3) is 0.471. The van der Waals surface area contributed by atoms with Crippen molar-refractivity contribution in [1.82, 2.24) is 0 Å². The van der Waals surface area contributed by atoms with E-state index in [4.69, 9.17) is 10.8 Å². The van der Waals surface area contributed by atoms with Crippen LogP contribution >= 0.6 is 0 Å². The third kappa shape index (κ3) is 2.19. The number of carbonyl (C=O) groups excluding carboxylic acids is 1. The summed E-state index contributed by atoms with van der Waals surface area (Å²) in [7, 11) is 0. The number of aryl methyl sites for hydroxylation is 1. The van der Waals surface area contributed by atoms with Crippen molar-refractivity contribution in [3.63, 3.8) is 0 Å². The molecule has 3 fully saturated rings. The van der Waals surface area contributed by atoms with E-state index in [1.807, 2.05) is 26.0 Å². The zero-order valence-corrected chi connectivity index (χ0v) is 12.5. The molecule has 1 aromatic rings. The summed E-state index contributed by atoms with van der Waals surface area (Å²) in [6, 6.07) is 5.53. The Morgan fingerprint density at radius 3 is 2.62 bits per heavy atom. The fourth-order valence-electron chi connectivity index (χ4n) is 3.67. The lowest BCUT2D eigenvalue weighted by molar-refractivity contribution is -0.161. The molecule has 3 saturated carbocycles. The summed E-state index contributed by atoms with van der Waals surface area (Å²) in [4.78, 5) is 12.4. The van der Waals surface area contributed by atoms with Gasteiger partial charge in [0.05, 0.1) is 5.71 Å². The third-order valence-corrected chi connectivity index (χ3v) is 5.34. The van der Waals surface area contributed by atoms with Crippen molar-refractivity contribution in [2.45, 2.75) is 33.1 Å². The van der Waals surface area contributed by atoms with Crippen LogP contribution in [0.15, 0.2) is 18.2 Å². The molecule has 0 radical (unpaired) electrons. The van der Waals surface area contributed by atoms with Gasteiger partial charge in [0, 0.05) is 23.4 Å². The smallest absolute Gasteiger partial charge is 0.227 e. The molecule has 2 bridgehead atoms. The number of benzene rings is 1. The maximum atomic E-state index is 12.4. The van der Waals surface area contributed by atoms with Gasteiger partial charge < -0.3 is 10.7 Å². The van der Waals surface area contributed by atoms with Crippen LogP contribution < -0.4 is 5.32 Å². The number of rotatable bonds is 5. The Balaban J connectivity index is 1.73. The molecule has 4 heteroatoms. The van der Waals surface area contributed by atoms with E-state index in [0.29, 0.717) is 11.3 Å². The lowest BCUT2D eigenvalue weighted by Gasteiger charge is -2.64. The minimum atomic E-state index is 0.0504. The van der Waals surface area contributed by atoms with Crippen LogP contribution in [-0.4, -0.2) is 17.8 Å². The second-order valence-corrected chi connectivity index (χ2v) is 6.64. The minimum absolute atomic E-state index is 0.0504. The van der Waals surface area contributed by atoms with Gasteiger partial charge in [0.15, 0.2) is 0 Å². The predicted molar refractivity (Wildman–Crippen MR) is 84.4 cm³/mol. The fourth-order valence-corrected chi connectivity index (χ4v) is 3.67. The van der Waals surface area contributed by atoms with Crippen molar-refractivity contribution in [2.75, 3.05) is 5.32 Å². The molecule has 0 aromatic heterocycles. The topological polar surface area (TPSA) is 76.8 Å². The molecule has 21 heavy (non-hydrogen) atoms. The predicted octanol–water partition coefficient (Wildman–Crippen LogP) is 3.39. The standard InChI is InChI=1S/C17H21N3O/c1-10-3-4-13(5-14(10)15(19)9-18)20-16(21)11(2)17-6-12(7-17)8-17/h3-5,9,11-12,18-19H,6-8H2,1-2H3,(H,20,21). The molecule has 1 atom stereocenters. The summed E-state index contributed by atoms with van der Waals surface area (Å²) in [5.74, 6) is 0.998. The summed E-state index contributed by atoms with van der Waals surface area (Å²) in [5.41, 5.74) is 2.78. The third-order valence-electron chi connectivity index (χ3n) is 5.34. The summed E-state index contributed by atoms with van der Waals surface area (Å²) < 4.78 is 0. The molecule has 0 heterocycles. The highest BCUT2D eigenvalue weighted by Crippen LogP contribution is 2.68. The Morgan fingerprint density at radius 2 is 2.10 bits per heavy atom. The van der Waals surface area contributed by atoms with Crippen LogP contribution in [-0.2, 0) is 4.79 Å². The van der Waals surface area contributed by atoms with Gasteiger partial charge in [-0.3, -0.25) is 10.2 Å². The van der Waals surface area contributed by atoms with Gasteiger partial charge in [-0.1, -0.05) is 13.0 Å². The molecule has 3 N–H and O–H groups in total. The van der Waals surface area contributed by atoms with Crippen molar-refractivity contribution in [3.8, 4) is 0 Å². The maximum Gasteiger partial charge on any atom is 0.227 e. The van der Waals surface area contributed by atoms with Crippen LogP contribution in [0.3, 0.4) is 0 Å². The molecule has 4 rings (SSSR count). The molecule has 3 aliphatic carbocycles. The van der Waals surface area contributed by atoms with Crippen LogP contribution in [0.5, 0.6) is 0 Å². The van der Waals surface area contributed by atoms with E-state index in [-0.39, 0.29) is 23.0 Å². The average molecular weight is 283 g/mol. The van der Waals surface area contributed by atoms with Crippen LogP contribution in [0.2, 0.25) is 0 Å². The molecule has 110 valence electrons. The van der Waals surface area contributed by atoms with Crippen LogP contribution in [0.1, 0.15) is 37.3 Å². The number of hydrogen-bond donors (Lipinski definition) is 3. The van der Waals surface area contributed by atoms with Crippen molar-refractivity contribution < 1.29 is 4.79 Å². The van der Waals surface area contributed by atoms with Crippen LogP contribution in [0.25, 0.3) is 0 Å². The Bertz CT molecular complexity index is 618. The first kappa shape index (κ1) is 14.0. The highest BCUT2D eigenvalue weighted by Gasteiger charge is 2.60. The first-order chi connectivity index (χ1) is 9.95. The summed E-state index contributed by atoms with van der Waals surface area (Å²) in [6.07, 6.45) is 4.65. The zero-order valence-electron chi connectivity index (χ0n) is 12.5. The van der Waals surface area contributed by atoms with Gasteiger partial charge in [0.2, 0.25) is 5.91 Å². The molecule has 1 amide bonds. The Kier molecular flexibility index (Phi) is 3.19. The van der Waals surface area contributed by atoms with Gasteiger partial charge >= 0.3 is 0 Å². The minimum Gasteiger partial charge on any atom is -0.326 e. The normalized spacial score (nSPS) is 27.0. The summed E-state index contributed by atoms with van der Waals surface area (Å²) in [5, 5.41) is 18.0. The summed E-state index contributed by atoms with van der Waals surface area (Å²) in [6.45, 7) is 3.93. The Hall–Kier alpha value is -1.97. The SMILES string of the molecule is Cc1ccc(NC(=O)C(C)C23CC(C2)C3)cc1C(=N)C=N. The average Bonchev–Trinajstić information content (AvgIpc) is 2.36. The van der Waals surface area contributed by atoms with Gasteiger partial charge in [0.25, 0.3) is 0 Å². The Morgan fingerprint density at radius 1 is 1.43 bits per heavy atom. The van der Waals surface area contributed by atoms with Crippen LogP contribution in [0, 0.1) is 35.0 Å². The van der Waals surface area contributed by atoms with Gasteiger partial charge in [0.1, 0.15) is 0 Å². The van der Waals surface area contributed by atoms with Crippen molar-refractivity contribution >= 4 is 23.5 Å². The van der Waals surface area contributed by atoms with E-state index in [1.54, 1.807) is 6.07 Å². The zero-order chi connectivity index (χ0) is 15.2. The highest BCUT2D eigenvalue weighted by atomic mass is 16.1. The largest absolute Gasteiger partial charge is 0.326 e. The molecule has 0 spiro atoms. The van der Waals surface area contributed by atoms with E-state index in [1.165, 1.54) is 19.3 Å². The van der Waals surface area contributed by atoms with E-state index in [9.17, 15) is 4.79 Å². The van der Waals surface area contributed by atoms with Crippen molar-refractivity contribution in [1.29, 1.82) is 10.8 Å².